The molecule has 0 spiro atoms. The van der Waals surface area contributed by atoms with Crippen molar-refractivity contribution in [1.82, 2.24) is 4.98 Å². The summed E-state index contributed by atoms with van der Waals surface area (Å²) in [7, 11) is -1.32. The van der Waals surface area contributed by atoms with Gasteiger partial charge in [-0.3, -0.25) is 14.0 Å². The molecule has 1 heterocycles. The zero-order valence-corrected chi connectivity index (χ0v) is 11.3. The summed E-state index contributed by atoms with van der Waals surface area (Å²) in [5.74, 6) is -1.20. The first-order chi connectivity index (χ1) is 9.54. The Labute approximate surface area is 117 Å². The number of carboxylic acid groups (broad SMARTS) is 1. The number of hydrogen-bond acceptors (Lipinski definition) is 3. The molecule has 0 aliphatic heterocycles. The van der Waals surface area contributed by atoms with Gasteiger partial charge in [-0.25, -0.2) is 4.39 Å². The smallest absolute Gasteiger partial charge is 0.307 e. The predicted molar refractivity (Wildman–Crippen MR) is 72.1 cm³/mol. The van der Waals surface area contributed by atoms with Crippen LogP contribution in [0.25, 0.3) is 0 Å². The van der Waals surface area contributed by atoms with E-state index in [0.717, 1.165) is 6.20 Å². The number of carbonyl (C=O) groups is 1. The van der Waals surface area contributed by atoms with Gasteiger partial charge in [0.05, 0.1) is 29.2 Å². The third-order valence-corrected chi connectivity index (χ3v) is 3.99. The third-order valence-electron chi connectivity index (χ3n) is 2.60. The van der Waals surface area contributed by atoms with Crippen molar-refractivity contribution in [3.8, 4) is 0 Å². The van der Waals surface area contributed by atoms with E-state index >= 15 is 0 Å². The van der Waals surface area contributed by atoms with Gasteiger partial charge in [-0.2, -0.15) is 0 Å². The maximum Gasteiger partial charge on any atom is 0.307 e. The highest BCUT2D eigenvalue weighted by Crippen LogP contribution is 2.14. The van der Waals surface area contributed by atoms with Crippen LogP contribution >= 0.6 is 0 Å². The van der Waals surface area contributed by atoms with E-state index in [4.69, 9.17) is 5.11 Å². The molecular formula is C14H12FNO3S. The first-order valence-corrected chi connectivity index (χ1v) is 7.15. The molecule has 1 aromatic carbocycles. The van der Waals surface area contributed by atoms with Crippen LogP contribution < -0.4 is 0 Å². The third kappa shape index (κ3) is 3.96. The lowest BCUT2D eigenvalue weighted by Crippen LogP contribution is -2.01. The van der Waals surface area contributed by atoms with Crippen LogP contribution in [0.3, 0.4) is 0 Å². The van der Waals surface area contributed by atoms with Crippen molar-refractivity contribution in [2.45, 2.75) is 17.1 Å². The van der Waals surface area contributed by atoms with E-state index in [1.807, 2.05) is 0 Å². The first kappa shape index (κ1) is 14.3. The number of benzene rings is 1. The second-order valence-electron chi connectivity index (χ2n) is 4.22. The SMILES string of the molecule is O=C(O)Cc1ccc(S(=O)Cc2cncc(F)c2)cc1. The second-order valence-corrected chi connectivity index (χ2v) is 5.67. The summed E-state index contributed by atoms with van der Waals surface area (Å²) in [6.07, 6.45) is 2.49. The Balaban J connectivity index is 2.07. The highest BCUT2D eigenvalue weighted by atomic mass is 32.2. The molecule has 6 heteroatoms. The molecule has 0 saturated heterocycles. The van der Waals surface area contributed by atoms with Gasteiger partial charge in [0.25, 0.3) is 0 Å². The van der Waals surface area contributed by atoms with Gasteiger partial charge in [-0.1, -0.05) is 12.1 Å². The quantitative estimate of drug-likeness (QED) is 0.917. The van der Waals surface area contributed by atoms with Gasteiger partial charge < -0.3 is 5.11 Å². The minimum atomic E-state index is -1.32. The standard InChI is InChI=1S/C14H12FNO3S/c15-12-5-11(7-16-8-12)9-20(19)13-3-1-10(2-4-13)6-14(17)18/h1-5,7-8H,6,9H2,(H,17,18). The number of nitrogens with zero attached hydrogens (tertiary/aromatic N) is 1. The van der Waals surface area contributed by atoms with E-state index in [2.05, 4.69) is 4.98 Å². The zero-order valence-electron chi connectivity index (χ0n) is 10.5. The van der Waals surface area contributed by atoms with Crippen molar-refractivity contribution in [3.63, 3.8) is 0 Å². The Kier molecular flexibility index (Phi) is 4.57. The minimum Gasteiger partial charge on any atom is -0.481 e. The second kappa shape index (κ2) is 6.38. The fraction of sp³-hybridized carbons (Fsp3) is 0.143. The van der Waals surface area contributed by atoms with E-state index in [1.54, 1.807) is 24.3 Å². The highest BCUT2D eigenvalue weighted by molar-refractivity contribution is 7.84. The van der Waals surface area contributed by atoms with Crippen molar-refractivity contribution in [1.29, 1.82) is 0 Å². The normalized spacial score (nSPS) is 12.1. The summed E-state index contributed by atoms with van der Waals surface area (Å²) < 4.78 is 25.1. The summed E-state index contributed by atoms with van der Waals surface area (Å²) in [4.78, 5) is 14.8. The average molecular weight is 293 g/mol. The molecule has 4 nitrogen and oxygen atoms in total. The first-order valence-electron chi connectivity index (χ1n) is 5.83. The summed E-state index contributed by atoms with van der Waals surface area (Å²) in [5, 5.41) is 8.66. The van der Waals surface area contributed by atoms with Crippen molar-refractivity contribution in [2.75, 3.05) is 0 Å². The van der Waals surface area contributed by atoms with E-state index in [0.29, 0.717) is 16.0 Å². The average Bonchev–Trinajstić information content (AvgIpc) is 2.38. The number of carboxylic acids is 1. The molecule has 1 N–H and O–H groups in total. The molecule has 2 rings (SSSR count). The van der Waals surface area contributed by atoms with Gasteiger partial charge in [0.1, 0.15) is 5.82 Å². The number of halogens is 1. The summed E-state index contributed by atoms with van der Waals surface area (Å²) in [6.45, 7) is 0. The lowest BCUT2D eigenvalue weighted by molar-refractivity contribution is -0.136. The number of pyridine rings is 1. The van der Waals surface area contributed by atoms with E-state index in [1.165, 1.54) is 12.3 Å². The van der Waals surface area contributed by atoms with Gasteiger partial charge >= 0.3 is 5.97 Å². The largest absolute Gasteiger partial charge is 0.481 e. The van der Waals surface area contributed by atoms with Crippen LogP contribution in [0.2, 0.25) is 0 Å². The Hall–Kier alpha value is -2.08. The van der Waals surface area contributed by atoms with E-state index < -0.39 is 22.6 Å². The predicted octanol–water partition coefficient (Wildman–Crippen LogP) is 2.16. The minimum absolute atomic E-state index is 0.0687. The Morgan fingerprint density at radius 3 is 2.50 bits per heavy atom. The molecule has 0 fully saturated rings. The van der Waals surface area contributed by atoms with E-state index in [9.17, 15) is 13.4 Å². The Morgan fingerprint density at radius 1 is 1.20 bits per heavy atom. The van der Waals surface area contributed by atoms with Crippen LogP contribution in [0.5, 0.6) is 0 Å². The van der Waals surface area contributed by atoms with E-state index in [-0.39, 0.29) is 12.2 Å². The maximum absolute atomic E-state index is 13.0. The molecule has 104 valence electrons. The molecule has 1 aromatic heterocycles. The van der Waals surface area contributed by atoms with Crippen molar-refractivity contribution in [2.24, 2.45) is 0 Å². The number of hydrogen-bond donors (Lipinski definition) is 1. The molecule has 0 aliphatic carbocycles. The van der Waals surface area contributed by atoms with Crippen molar-refractivity contribution >= 4 is 16.8 Å². The van der Waals surface area contributed by atoms with Crippen molar-refractivity contribution in [3.05, 3.63) is 59.7 Å². The van der Waals surface area contributed by atoms with Crippen LogP contribution in [0.15, 0.2) is 47.6 Å². The molecule has 0 saturated carbocycles. The Bertz CT molecular complexity index is 643. The zero-order chi connectivity index (χ0) is 14.5. The molecule has 0 bridgehead atoms. The lowest BCUT2D eigenvalue weighted by Gasteiger charge is -2.04. The van der Waals surface area contributed by atoms with Gasteiger partial charge in [-0.05, 0) is 29.3 Å². The molecule has 20 heavy (non-hydrogen) atoms. The highest BCUT2D eigenvalue weighted by Gasteiger charge is 2.07. The lowest BCUT2D eigenvalue weighted by atomic mass is 10.2. The number of rotatable bonds is 5. The fourth-order valence-corrected chi connectivity index (χ4v) is 2.77. The maximum atomic E-state index is 13.0. The van der Waals surface area contributed by atoms with Gasteiger partial charge in [0.15, 0.2) is 0 Å². The topological polar surface area (TPSA) is 67.3 Å². The summed E-state index contributed by atoms with van der Waals surface area (Å²) >= 11 is 0. The monoisotopic (exact) mass is 293 g/mol. The molecule has 2 aromatic rings. The van der Waals surface area contributed by atoms with Gasteiger partial charge in [0.2, 0.25) is 0 Å². The van der Waals surface area contributed by atoms with Crippen LogP contribution in [0.4, 0.5) is 4.39 Å². The van der Waals surface area contributed by atoms with Gasteiger partial charge in [-0.15, -0.1) is 0 Å². The fourth-order valence-electron chi connectivity index (χ4n) is 1.70. The van der Waals surface area contributed by atoms with Gasteiger partial charge in [0, 0.05) is 11.1 Å². The number of aliphatic carboxylic acids is 1. The molecule has 1 unspecified atom stereocenters. The molecule has 0 amide bonds. The van der Waals surface area contributed by atoms with Crippen LogP contribution in [0, 0.1) is 5.82 Å². The molecule has 1 atom stereocenters. The Morgan fingerprint density at radius 2 is 1.90 bits per heavy atom. The summed E-state index contributed by atoms with van der Waals surface area (Å²) in [6, 6.07) is 7.81. The van der Waals surface area contributed by atoms with Crippen LogP contribution in [0.1, 0.15) is 11.1 Å². The molecular weight excluding hydrogens is 281 g/mol. The molecule has 0 radical (unpaired) electrons. The number of aromatic nitrogens is 1. The summed E-state index contributed by atoms with van der Waals surface area (Å²) in [5.41, 5.74) is 1.20. The van der Waals surface area contributed by atoms with Crippen LogP contribution in [-0.4, -0.2) is 20.3 Å². The van der Waals surface area contributed by atoms with Crippen molar-refractivity contribution < 1.29 is 18.5 Å². The van der Waals surface area contributed by atoms with Crippen LogP contribution in [-0.2, 0) is 27.8 Å². The molecule has 0 aliphatic rings.